The van der Waals surface area contributed by atoms with E-state index in [1.54, 1.807) is 18.6 Å². The van der Waals surface area contributed by atoms with Crippen molar-refractivity contribution < 1.29 is 5.11 Å². The van der Waals surface area contributed by atoms with Crippen LogP contribution in [0.15, 0.2) is 18.6 Å². The zero-order valence-corrected chi connectivity index (χ0v) is 8.13. The van der Waals surface area contributed by atoms with E-state index in [0.29, 0.717) is 12.5 Å². The van der Waals surface area contributed by atoms with Gasteiger partial charge in [0.15, 0.2) is 0 Å². The van der Waals surface area contributed by atoms with Gasteiger partial charge in [0.2, 0.25) is 0 Å². The fraction of sp³-hybridized carbons (Fsp3) is 0.600. The molecule has 0 aliphatic carbocycles. The molecule has 0 radical (unpaired) electrons. The fourth-order valence-corrected chi connectivity index (χ4v) is 1.85. The van der Waals surface area contributed by atoms with Gasteiger partial charge in [-0.05, 0) is 18.9 Å². The molecule has 0 saturated carbocycles. The Morgan fingerprint density at radius 2 is 2.43 bits per heavy atom. The largest absolute Gasteiger partial charge is 0.396 e. The summed E-state index contributed by atoms with van der Waals surface area (Å²) >= 11 is 0. The molecule has 1 aliphatic rings. The van der Waals surface area contributed by atoms with Gasteiger partial charge >= 0.3 is 0 Å². The summed E-state index contributed by atoms with van der Waals surface area (Å²) in [5.41, 5.74) is 1.01. The van der Waals surface area contributed by atoms with Crippen LogP contribution < -0.4 is 0 Å². The summed E-state index contributed by atoms with van der Waals surface area (Å²) in [7, 11) is 0. The Morgan fingerprint density at radius 1 is 1.50 bits per heavy atom. The van der Waals surface area contributed by atoms with Gasteiger partial charge in [-0.25, -0.2) is 0 Å². The molecule has 0 unspecified atom stereocenters. The van der Waals surface area contributed by atoms with Crippen molar-refractivity contribution >= 4 is 0 Å². The van der Waals surface area contributed by atoms with Gasteiger partial charge < -0.3 is 5.11 Å². The number of aromatic nitrogens is 2. The number of nitrogens with zero attached hydrogens (tertiary/aromatic N) is 3. The van der Waals surface area contributed by atoms with E-state index in [1.807, 2.05) is 0 Å². The van der Waals surface area contributed by atoms with Gasteiger partial charge in [-0.3, -0.25) is 14.9 Å². The molecule has 1 aliphatic heterocycles. The first-order valence-electron chi connectivity index (χ1n) is 4.96. The van der Waals surface area contributed by atoms with Crippen molar-refractivity contribution in [3.05, 3.63) is 24.3 Å². The van der Waals surface area contributed by atoms with E-state index in [4.69, 9.17) is 5.11 Å². The number of hydrogen-bond donors (Lipinski definition) is 1. The van der Waals surface area contributed by atoms with Crippen LogP contribution >= 0.6 is 0 Å². The topological polar surface area (TPSA) is 49.2 Å². The van der Waals surface area contributed by atoms with Crippen molar-refractivity contribution in [1.29, 1.82) is 0 Å². The quantitative estimate of drug-likeness (QED) is 0.749. The van der Waals surface area contributed by atoms with Crippen LogP contribution in [0.25, 0.3) is 0 Å². The van der Waals surface area contributed by atoms with Crippen LogP contribution in [0, 0.1) is 5.92 Å². The number of aliphatic hydroxyl groups excluding tert-OH is 1. The van der Waals surface area contributed by atoms with Crippen LogP contribution in [0.5, 0.6) is 0 Å². The van der Waals surface area contributed by atoms with E-state index in [2.05, 4.69) is 14.9 Å². The molecule has 1 aromatic rings. The maximum atomic E-state index is 9.00. The fourth-order valence-electron chi connectivity index (χ4n) is 1.85. The lowest BCUT2D eigenvalue weighted by Gasteiger charge is -2.14. The van der Waals surface area contributed by atoms with Crippen LogP contribution in [0.1, 0.15) is 12.1 Å². The van der Waals surface area contributed by atoms with Crippen molar-refractivity contribution in [2.24, 2.45) is 5.92 Å². The molecular weight excluding hydrogens is 178 g/mol. The van der Waals surface area contributed by atoms with E-state index >= 15 is 0 Å². The van der Waals surface area contributed by atoms with Gasteiger partial charge in [0.25, 0.3) is 0 Å². The highest BCUT2D eigenvalue weighted by Crippen LogP contribution is 2.16. The Bertz CT molecular complexity index is 278. The van der Waals surface area contributed by atoms with E-state index in [1.165, 1.54) is 0 Å². The van der Waals surface area contributed by atoms with E-state index in [0.717, 1.165) is 31.7 Å². The third-order valence-electron chi connectivity index (χ3n) is 2.63. The Kier molecular flexibility index (Phi) is 3.06. The van der Waals surface area contributed by atoms with Crippen molar-refractivity contribution in [3.8, 4) is 0 Å². The first-order chi connectivity index (χ1) is 6.88. The molecule has 76 valence electrons. The molecular formula is C10H15N3O. The molecule has 1 aromatic heterocycles. The number of rotatable bonds is 3. The minimum absolute atomic E-state index is 0.303. The van der Waals surface area contributed by atoms with Gasteiger partial charge in [-0.1, -0.05) is 0 Å². The molecule has 1 saturated heterocycles. The lowest BCUT2D eigenvalue weighted by atomic mass is 10.1. The van der Waals surface area contributed by atoms with Gasteiger partial charge in [0, 0.05) is 38.3 Å². The molecule has 0 bridgehead atoms. The monoisotopic (exact) mass is 193 g/mol. The summed E-state index contributed by atoms with van der Waals surface area (Å²) in [6.07, 6.45) is 6.29. The predicted molar refractivity (Wildman–Crippen MR) is 52.5 cm³/mol. The van der Waals surface area contributed by atoms with Crippen LogP contribution in [-0.4, -0.2) is 39.7 Å². The van der Waals surface area contributed by atoms with Crippen LogP contribution in [0.4, 0.5) is 0 Å². The van der Waals surface area contributed by atoms with Crippen molar-refractivity contribution in [2.75, 3.05) is 19.7 Å². The summed E-state index contributed by atoms with van der Waals surface area (Å²) in [6.45, 7) is 3.19. The van der Waals surface area contributed by atoms with Gasteiger partial charge in [-0.15, -0.1) is 0 Å². The summed E-state index contributed by atoms with van der Waals surface area (Å²) in [5.74, 6) is 0.451. The van der Waals surface area contributed by atoms with Crippen molar-refractivity contribution in [2.45, 2.75) is 13.0 Å². The average molecular weight is 193 g/mol. The average Bonchev–Trinajstić information content (AvgIpc) is 2.67. The van der Waals surface area contributed by atoms with Crippen molar-refractivity contribution in [3.63, 3.8) is 0 Å². The SMILES string of the molecule is OC[C@H]1CCN(Cc2cnccn2)C1. The minimum Gasteiger partial charge on any atom is -0.396 e. The summed E-state index contributed by atoms with van der Waals surface area (Å²) in [4.78, 5) is 10.6. The highest BCUT2D eigenvalue weighted by molar-refractivity contribution is 4.95. The second-order valence-corrected chi connectivity index (χ2v) is 3.77. The Labute approximate surface area is 83.6 Å². The second-order valence-electron chi connectivity index (χ2n) is 3.77. The van der Waals surface area contributed by atoms with Crippen LogP contribution in [0.2, 0.25) is 0 Å². The van der Waals surface area contributed by atoms with Crippen molar-refractivity contribution in [1.82, 2.24) is 14.9 Å². The molecule has 0 amide bonds. The molecule has 4 nitrogen and oxygen atoms in total. The number of likely N-dealkylation sites (tertiary alicyclic amines) is 1. The summed E-state index contributed by atoms with van der Waals surface area (Å²) in [6, 6.07) is 0. The Balaban J connectivity index is 1.88. The highest BCUT2D eigenvalue weighted by atomic mass is 16.3. The molecule has 0 spiro atoms. The van der Waals surface area contributed by atoms with Gasteiger partial charge in [0.1, 0.15) is 0 Å². The third kappa shape index (κ3) is 2.27. The molecule has 1 N–H and O–H groups in total. The zero-order chi connectivity index (χ0) is 9.80. The maximum Gasteiger partial charge on any atom is 0.0726 e. The van der Waals surface area contributed by atoms with E-state index < -0.39 is 0 Å². The standard InChI is InChI=1S/C10H15N3O/c14-8-9-1-4-13(6-9)7-10-5-11-2-3-12-10/h2-3,5,9,14H,1,4,6-8H2/t9-/m0/s1. The molecule has 1 fully saturated rings. The Morgan fingerprint density at radius 3 is 3.07 bits per heavy atom. The first-order valence-corrected chi connectivity index (χ1v) is 4.96. The molecule has 2 rings (SSSR count). The molecule has 0 aromatic carbocycles. The highest BCUT2D eigenvalue weighted by Gasteiger charge is 2.21. The van der Waals surface area contributed by atoms with E-state index in [9.17, 15) is 0 Å². The molecule has 4 heteroatoms. The van der Waals surface area contributed by atoms with Crippen LogP contribution in [-0.2, 0) is 6.54 Å². The van der Waals surface area contributed by atoms with Gasteiger partial charge in [-0.2, -0.15) is 0 Å². The second kappa shape index (κ2) is 4.48. The summed E-state index contributed by atoms with van der Waals surface area (Å²) < 4.78 is 0. The van der Waals surface area contributed by atoms with Gasteiger partial charge in [0.05, 0.1) is 5.69 Å². The zero-order valence-electron chi connectivity index (χ0n) is 8.13. The lowest BCUT2D eigenvalue weighted by Crippen LogP contribution is -2.21. The minimum atomic E-state index is 0.303. The smallest absolute Gasteiger partial charge is 0.0726 e. The van der Waals surface area contributed by atoms with Crippen LogP contribution in [0.3, 0.4) is 0 Å². The molecule has 1 atom stereocenters. The Hall–Kier alpha value is -1.00. The normalized spacial score (nSPS) is 22.8. The number of hydrogen-bond acceptors (Lipinski definition) is 4. The lowest BCUT2D eigenvalue weighted by molar-refractivity contribution is 0.219. The first kappa shape index (κ1) is 9.55. The predicted octanol–water partition coefficient (Wildman–Crippen LogP) is 0.291. The third-order valence-corrected chi connectivity index (χ3v) is 2.63. The summed E-state index contributed by atoms with van der Waals surface area (Å²) in [5, 5.41) is 9.00. The molecule has 14 heavy (non-hydrogen) atoms. The van der Waals surface area contributed by atoms with E-state index in [-0.39, 0.29) is 0 Å². The molecule has 2 heterocycles. The maximum absolute atomic E-state index is 9.00. The number of aliphatic hydroxyl groups is 1.